The molecule has 2 aliphatic heterocycles. The van der Waals surface area contributed by atoms with Crippen LogP contribution in [0, 0.1) is 0 Å². The summed E-state index contributed by atoms with van der Waals surface area (Å²) in [7, 11) is 0. The van der Waals surface area contributed by atoms with Crippen molar-refractivity contribution < 1.29 is 28.1 Å². The molecule has 5 aliphatic rings. The second-order valence-electron chi connectivity index (χ2n) is 9.98. The normalized spacial score (nSPS) is 40.7. The SMILES string of the molecule is F[C@H]1[C@H]2OC3(CCCCC3)O[C@@H]2[C@@H]2OC3(CCCCC3)O[C@@H]2[C@H]1OCc1ccccc1. The predicted octanol–water partition coefficient (Wildman–Crippen LogP) is 4.81. The zero-order valence-corrected chi connectivity index (χ0v) is 18.0. The first-order chi connectivity index (χ1) is 15.2. The van der Waals surface area contributed by atoms with Crippen LogP contribution in [0.4, 0.5) is 4.39 Å². The molecule has 0 amide bonds. The number of halogens is 1. The molecule has 2 heterocycles. The third-order valence-corrected chi connectivity index (χ3v) is 7.84. The molecule has 5 fully saturated rings. The number of fused-ring (bicyclic) bond motifs is 3. The molecule has 170 valence electrons. The van der Waals surface area contributed by atoms with Crippen LogP contribution in [0.3, 0.4) is 0 Å². The molecule has 0 unspecified atom stereocenters. The Bertz CT molecular complexity index is 760. The maximum Gasteiger partial charge on any atom is 0.169 e. The van der Waals surface area contributed by atoms with Crippen LogP contribution in [-0.2, 0) is 30.3 Å². The molecule has 3 saturated carbocycles. The van der Waals surface area contributed by atoms with Gasteiger partial charge in [-0.2, -0.15) is 0 Å². The van der Waals surface area contributed by atoms with Gasteiger partial charge in [0.05, 0.1) is 6.61 Å². The van der Waals surface area contributed by atoms with Crippen molar-refractivity contribution in [1.29, 1.82) is 0 Å². The summed E-state index contributed by atoms with van der Waals surface area (Å²) in [6.45, 7) is 0.342. The Morgan fingerprint density at radius 2 is 1.23 bits per heavy atom. The average molecular weight is 433 g/mol. The number of ether oxygens (including phenoxy) is 5. The van der Waals surface area contributed by atoms with E-state index in [4.69, 9.17) is 23.7 Å². The van der Waals surface area contributed by atoms with E-state index in [-0.39, 0.29) is 6.10 Å². The summed E-state index contributed by atoms with van der Waals surface area (Å²) < 4.78 is 48.2. The van der Waals surface area contributed by atoms with Crippen LogP contribution in [0.15, 0.2) is 30.3 Å². The second-order valence-corrected chi connectivity index (χ2v) is 9.98. The van der Waals surface area contributed by atoms with E-state index in [9.17, 15) is 0 Å². The number of rotatable bonds is 3. The fraction of sp³-hybridized carbons (Fsp3) is 0.760. The van der Waals surface area contributed by atoms with Crippen molar-refractivity contribution in [3.8, 4) is 0 Å². The van der Waals surface area contributed by atoms with Crippen molar-refractivity contribution in [3.63, 3.8) is 0 Å². The molecule has 31 heavy (non-hydrogen) atoms. The molecule has 0 radical (unpaired) electrons. The van der Waals surface area contributed by atoms with Gasteiger partial charge >= 0.3 is 0 Å². The molecule has 6 heteroatoms. The maximum atomic E-state index is 16.0. The predicted molar refractivity (Wildman–Crippen MR) is 111 cm³/mol. The molecular weight excluding hydrogens is 399 g/mol. The summed E-state index contributed by atoms with van der Waals surface area (Å²) in [5.74, 6) is -1.29. The fourth-order valence-electron chi connectivity index (χ4n) is 6.30. The lowest BCUT2D eigenvalue weighted by atomic mass is 9.85. The van der Waals surface area contributed by atoms with E-state index in [1.165, 1.54) is 12.8 Å². The van der Waals surface area contributed by atoms with Crippen molar-refractivity contribution in [2.45, 2.75) is 119 Å². The molecule has 2 saturated heterocycles. The van der Waals surface area contributed by atoms with E-state index in [2.05, 4.69) is 0 Å². The Hall–Kier alpha value is -1.05. The first kappa shape index (κ1) is 20.5. The molecular formula is C25H33FO5. The molecule has 1 aromatic carbocycles. The van der Waals surface area contributed by atoms with Gasteiger partial charge in [0.1, 0.15) is 30.5 Å². The summed E-state index contributed by atoms with van der Waals surface area (Å²) in [6.07, 6.45) is 6.03. The van der Waals surface area contributed by atoms with Crippen LogP contribution >= 0.6 is 0 Å². The van der Waals surface area contributed by atoms with Gasteiger partial charge in [-0.15, -0.1) is 0 Å². The molecule has 0 bridgehead atoms. The van der Waals surface area contributed by atoms with Gasteiger partial charge in [-0.05, 0) is 31.2 Å². The monoisotopic (exact) mass is 432 g/mol. The standard InChI is InChI=1S/C25H33FO5/c26-18-19(27-16-17-10-4-1-5-11-17)21-23(31-25(29-21)14-8-3-9-15-25)22-20(18)28-24(30-22)12-6-2-7-13-24/h1,4-5,10-11,18-23H,2-3,6-9,12-16H2/t18-,19+,20-,21-,22+,23-/m1/s1. The van der Waals surface area contributed by atoms with Gasteiger partial charge in [0, 0.05) is 25.7 Å². The minimum atomic E-state index is -1.31. The van der Waals surface area contributed by atoms with Gasteiger partial charge in [0.2, 0.25) is 0 Å². The zero-order chi connectivity index (χ0) is 20.9. The highest BCUT2D eigenvalue weighted by Crippen LogP contribution is 2.52. The van der Waals surface area contributed by atoms with Crippen LogP contribution in [0.5, 0.6) is 0 Å². The molecule has 1 aromatic rings. The highest BCUT2D eigenvalue weighted by molar-refractivity contribution is 5.15. The zero-order valence-electron chi connectivity index (χ0n) is 18.0. The Balaban J connectivity index is 1.28. The Morgan fingerprint density at radius 1 is 0.710 bits per heavy atom. The quantitative estimate of drug-likeness (QED) is 0.686. The van der Waals surface area contributed by atoms with Gasteiger partial charge in [0.25, 0.3) is 0 Å². The van der Waals surface area contributed by atoms with Crippen LogP contribution in [-0.4, -0.2) is 48.3 Å². The van der Waals surface area contributed by atoms with Gasteiger partial charge in [-0.1, -0.05) is 43.2 Å². The van der Waals surface area contributed by atoms with Crippen molar-refractivity contribution in [2.24, 2.45) is 0 Å². The summed E-state index contributed by atoms with van der Waals surface area (Å²) in [5, 5.41) is 0. The van der Waals surface area contributed by atoms with Crippen molar-refractivity contribution in [1.82, 2.24) is 0 Å². The van der Waals surface area contributed by atoms with Gasteiger partial charge in [-0.25, -0.2) is 4.39 Å². The van der Waals surface area contributed by atoms with Crippen molar-refractivity contribution in [3.05, 3.63) is 35.9 Å². The Labute approximate surface area is 183 Å². The highest BCUT2D eigenvalue weighted by Gasteiger charge is 2.67. The summed E-state index contributed by atoms with van der Waals surface area (Å²) in [4.78, 5) is 0. The minimum Gasteiger partial charge on any atom is -0.368 e. The van der Waals surface area contributed by atoms with E-state index in [1.54, 1.807) is 0 Å². The van der Waals surface area contributed by atoms with Gasteiger partial charge in [0.15, 0.2) is 17.7 Å². The fourth-order valence-corrected chi connectivity index (χ4v) is 6.30. The van der Waals surface area contributed by atoms with Crippen LogP contribution < -0.4 is 0 Å². The van der Waals surface area contributed by atoms with E-state index >= 15 is 4.39 Å². The Morgan fingerprint density at radius 3 is 1.84 bits per heavy atom. The van der Waals surface area contributed by atoms with E-state index in [1.807, 2.05) is 30.3 Å². The lowest BCUT2D eigenvalue weighted by Gasteiger charge is -2.39. The van der Waals surface area contributed by atoms with Crippen molar-refractivity contribution in [2.75, 3.05) is 0 Å². The topological polar surface area (TPSA) is 46.2 Å². The van der Waals surface area contributed by atoms with Crippen LogP contribution in [0.1, 0.15) is 69.8 Å². The minimum absolute atomic E-state index is 0.342. The number of hydrogen-bond donors (Lipinski definition) is 0. The smallest absolute Gasteiger partial charge is 0.169 e. The molecule has 2 spiro atoms. The van der Waals surface area contributed by atoms with Gasteiger partial charge in [-0.3, -0.25) is 0 Å². The largest absolute Gasteiger partial charge is 0.368 e. The van der Waals surface area contributed by atoms with Gasteiger partial charge < -0.3 is 23.7 Å². The van der Waals surface area contributed by atoms with Crippen LogP contribution in [0.2, 0.25) is 0 Å². The molecule has 3 aliphatic carbocycles. The first-order valence-corrected chi connectivity index (χ1v) is 12.2. The average Bonchev–Trinajstić information content (AvgIpc) is 3.34. The van der Waals surface area contributed by atoms with Crippen molar-refractivity contribution >= 4 is 0 Å². The number of benzene rings is 1. The molecule has 5 nitrogen and oxygen atoms in total. The molecule has 6 atom stereocenters. The third-order valence-electron chi connectivity index (χ3n) is 7.84. The molecule has 6 rings (SSSR count). The summed E-state index contributed by atoms with van der Waals surface area (Å²) in [5.41, 5.74) is 1.02. The van der Waals surface area contributed by atoms with E-state index < -0.39 is 42.2 Å². The number of hydrogen-bond acceptors (Lipinski definition) is 5. The summed E-state index contributed by atoms with van der Waals surface area (Å²) in [6, 6.07) is 9.90. The number of alkyl halides is 1. The highest BCUT2D eigenvalue weighted by atomic mass is 19.1. The molecule has 0 N–H and O–H groups in total. The summed E-state index contributed by atoms with van der Waals surface area (Å²) >= 11 is 0. The van der Waals surface area contributed by atoms with E-state index in [0.717, 1.165) is 56.9 Å². The van der Waals surface area contributed by atoms with Crippen LogP contribution in [0.25, 0.3) is 0 Å². The lowest BCUT2D eigenvalue weighted by molar-refractivity contribution is -0.224. The second kappa shape index (κ2) is 8.07. The molecule has 0 aromatic heterocycles. The lowest BCUT2D eigenvalue weighted by Crippen LogP contribution is -2.60. The third kappa shape index (κ3) is 3.65. The Kier molecular flexibility index (Phi) is 5.35. The maximum absolute atomic E-state index is 16.0. The first-order valence-electron chi connectivity index (χ1n) is 12.2. The van der Waals surface area contributed by atoms with E-state index in [0.29, 0.717) is 6.61 Å².